The summed E-state index contributed by atoms with van der Waals surface area (Å²) in [7, 11) is -1.05. The van der Waals surface area contributed by atoms with Crippen LogP contribution in [0.5, 0.6) is 0 Å². The van der Waals surface area contributed by atoms with Gasteiger partial charge in [0.2, 0.25) is 0 Å². The summed E-state index contributed by atoms with van der Waals surface area (Å²) < 4.78 is 0. The van der Waals surface area contributed by atoms with Crippen molar-refractivity contribution in [2.45, 2.75) is 12.5 Å². The second-order valence-electron chi connectivity index (χ2n) is 4.21. The van der Waals surface area contributed by atoms with Gasteiger partial charge in [-0.25, -0.2) is 0 Å². The SMILES string of the molecule is ClCCC[SiH](c1ccccc1)c1ccccc1. The molecule has 0 N–H and O–H groups in total. The second-order valence-corrected chi connectivity index (χ2v) is 7.60. The van der Waals surface area contributed by atoms with Crippen LogP contribution in [0.25, 0.3) is 0 Å². The molecular formula is C15H17ClSi. The highest BCUT2D eigenvalue weighted by atomic mass is 35.5. The van der Waals surface area contributed by atoms with E-state index in [1.54, 1.807) is 0 Å². The minimum atomic E-state index is -1.05. The van der Waals surface area contributed by atoms with E-state index in [-0.39, 0.29) is 0 Å². The third-order valence-corrected chi connectivity index (χ3v) is 6.66. The van der Waals surface area contributed by atoms with Gasteiger partial charge in [-0.3, -0.25) is 0 Å². The van der Waals surface area contributed by atoms with Crippen LogP contribution in [0, 0.1) is 0 Å². The van der Waals surface area contributed by atoms with E-state index in [9.17, 15) is 0 Å². The first kappa shape index (κ1) is 12.4. The van der Waals surface area contributed by atoms with Crippen molar-refractivity contribution in [2.75, 3.05) is 5.88 Å². The summed E-state index contributed by atoms with van der Waals surface area (Å²) in [6, 6.07) is 23.0. The smallest absolute Gasteiger partial charge is 0.103 e. The van der Waals surface area contributed by atoms with Gasteiger partial charge in [-0.15, -0.1) is 11.6 Å². The molecule has 0 saturated carbocycles. The third-order valence-electron chi connectivity index (χ3n) is 3.03. The van der Waals surface area contributed by atoms with Gasteiger partial charge in [-0.05, 0) is 6.42 Å². The van der Waals surface area contributed by atoms with Crippen LogP contribution in [0.3, 0.4) is 0 Å². The fourth-order valence-electron chi connectivity index (χ4n) is 2.18. The zero-order valence-electron chi connectivity index (χ0n) is 9.85. The van der Waals surface area contributed by atoms with Crippen LogP contribution >= 0.6 is 11.6 Å². The third kappa shape index (κ3) is 3.45. The average Bonchev–Trinajstić information content (AvgIpc) is 2.42. The molecule has 0 aromatic heterocycles. The number of hydrogen-bond acceptors (Lipinski definition) is 0. The molecule has 0 radical (unpaired) electrons. The van der Waals surface area contributed by atoms with Gasteiger partial charge in [0.1, 0.15) is 8.80 Å². The molecule has 2 heteroatoms. The molecule has 0 saturated heterocycles. The van der Waals surface area contributed by atoms with Gasteiger partial charge in [0.05, 0.1) is 0 Å². The van der Waals surface area contributed by atoms with Gasteiger partial charge < -0.3 is 0 Å². The lowest BCUT2D eigenvalue weighted by molar-refractivity contribution is 1.08. The van der Waals surface area contributed by atoms with Crippen LogP contribution in [0.2, 0.25) is 6.04 Å². The number of hydrogen-bond donors (Lipinski definition) is 0. The largest absolute Gasteiger partial charge is 0.127 e. The van der Waals surface area contributed by atoms with E-state index in [0.29, 0.717) is 0 Å². The maximum absolute atomic E-state index is 5.84. The van der Waals surface area contributed by atoms with E-state index in [0.717, 1.165) is 12.3 Å². The van der Waals surface area contributed by atoms with Gasteiger partial charge in [0, 0.05) is 5.88 Å². The molecule has 0 spiro atoms. The molecule has 2 aromatic rings. The lowest BCUT2D eigenvalue weighted by Gasteiger charge is -2.15. The van der Waals surface area contributed by atoms with Crippen molar-refractivity contribution in [1.29, 1.82) is 0 Å². The molecule has 2 aromatic carbocycles. The van der Waals surface area contributed by atoms with Crippen molar-refractivity contribution < 1.29 is 0 Å². The zero-order valence-corrected chi connectivity index (χ0v) is 11.8. The molecule has 0 atom stereocenters. The predicted molar refractivity (Wildman–Crippen MR) is 79.4 cm³/mol. The van der Waals surface area contributed by atoms with E-state index in [4.69, 9.17) is 11.6 Å². The van der Waals surface area contributed by atoms with Crippen molar-refractivity contribution in [3.8, 4) is 0 Å². The fraction of sp³-hybridized carbons (Fsp3) is 0.200. The first-order chi connectivity index (χ1) is 8.42. The Hall–Kier alpha value is -1.05. The lowest BCUT2D eigenvalue weighted by atomic mass is 10.4. The van der Waals surface area contributed by atoms with E-state index in [1.165, 1.54) is 16.4 Å². The first-order valence-corrected chi connectivity index (χ1v) is 8.58. The summed E-state index contributed by atoms with van der Waals surface area (Å²) in [5, 5.41) is 3.03. The Balaban J connectivity index is 2.26. The number of alkyl halides is 1. The quantitative estimate of drug-likeness (QED) is 0.573. The molecule has 88 valence electrons. The van der Waals surface area contributed by atoms with E-state index >= 15 is 0 Å². The molecule has 0 unspecified atom stereocenters. The number of benzene rings is 2. The summed E-state index contributed by atoms with van der Waals surface area (Å²) in [5.41, 5.74) is 0. The van der Waals surface area contributed by atoms with Crippen LogP contribution in [-0.2, 0) is 0 Å². The molecule has 0 aliphatic heterocycles. The Labute approximate surface area is 110 Å². The normalized spacial score (nSPS) is 10.7. The Kier molecular flexibility index (Phi) is 4.84. The maximum Gasteiger partial charge on any atom is 0.103 e. The molecule has 0 nitrogen and oxygen atoms in total. The van der Waals surface area contributed by atoms with Gasteiger partial charge in [0.15, 0.2) is 0 Å². The molecule has 0 amide bonds. The topological polar surface area (TPSA) is 0 Å². The summed E-state index contributed by atoms with van der Waals surface area (Å²) >= 11 is 5.84. The summed E-state index contributed by atoms with van der Waals surface area (Å²) in [4.78, 5) is 0. The van der Waals surface area contributed by atoms with Gasteiger partial charge in [-0.1, -0.05) is 77.1 Å². The second kappa shape index (κ2) is 6.63. The highest BCUT2D eigenvalue weighted by Crippen LogP contribution is 2.02. The number of rotatable bonds is 5. The summed E-state index contributed by atoms with van der Waals surface area (Å²) in [5.74, 6) is 0.767. The molecular weight excluding hydrogens is 244 g/mol. The Morgan fingerprint density at radius 1 is 0.765 bits per heavy atom. The van der Waals surface area contributed by atoms with E-state index < -0.39 is 8.80 Å². The van der Waals surface area contributed by atoms with Crippen LogP contribution in [0.15, 0.2) is 60.7 Å². The van der Waals surface area contributed by atoms with Crippen LogP contribution in [0.1, 0.15) is 6.42 Å². The standard InChI is InChI=1S/C15H17ClSi/c16-12-7-13-17(14-8-3-1-4-9-14)15-10-5-2-6-11-15/h1-6,8-11,17H,7,12-13H2. The Morgan fingerprint density at radius 2 is 1.24 bits per heavy atom. The van der Waals surface area contributed by atoms with Crippen LogP contribution in [-0.4, -0.2) is 14.7 Å². The van der Waals surface area contributed by atoms with Crippen LogP contribution < -0.4 is 10.4 Å². The molecule has 0 fully saturated rings. The fourth-order valence-corrected chi connectivity index (χ4v) is 5.63. The monoisotopic (exact) mass is 260 g/mol. The van der Waals surface area contributed by atoms with E-state index in [1.807, 2.05) is 0 Å². The summed E-state index contributed by atoms with van der Waals surface area (Å²) in [6.07, 6.45) is 1.11. The minimum Gasteiger partial charge on any atom is -0.127 e. The Bertz CT molecular complexity index is 388. The van der Waals surface area contributed by atoms with E-state index in [2.05, 4.69) is 60.7 Å². The highest BCUT2D eigenvalue weighted by molar-refractivity contribution is 6.85. The van der Waals surface area contributed by atoms with Crippen molar-refractivity contribution in [1.82, 2.24) is 0 Å². The first-order valence-electron chi connectivity index (χ1n) is 6.07. The highest BCUT2D eigenvalue weighted by Gasteiger charge is 2.14. The molecule has 17 heavy (non-hydrogen) atoms. The van der Waals surface area contributed by atoms with Crippen molar-refractivity contribution in [3.63, 3.8) is 0 Å². The van der Waals surface area contributed by atoms with Gasteiger partial charge in [0.25, 0.3) is 0 Å². The molecule has 0 heterocycles. The molecule has 0 aliphatic rings. The molecule has 0 aliphatic carbocycles. The van der Waals surface area contributed by atoms with Crippen LogP contribution in [0.4, 0.5) is 0 Å². The maximum atomic E-state index is 5.84. The van der Waals surface area contributed by atoms with Crippen molar-refractivity contribution in [3.05, 3.63) is 60.7 Å². The average molecular weight is 261 g/mol. The number of halogens is 1. The van der Waals surface area contributed by atoms with Crippen molar-refractivity contribution in [2.24, 2.45) is 0 Å². The predicted octanol–water partition coefficient (Wildman–Crippen LogP) is 2.66. The Morgan fingerprint density at radius 3 is 1.65 bits per heavy atom. The molecule has 2 rings (SSSR count). The lowest BCUT2D eigenvalue weighted by Crippen LogP contribution is -2.41. The zero-order chi connectivity index (χ0) is 11.9. The van der Waals surface area contributed by atoms with Crippen molar-refractivity contribution >= 4 is 30.8 Å². The minimum absolute atomic E-state index is 0.767. The summed E-state index contributed by atoms with van der Waals surface area (Å²) in [6.45, 7) is 0. The van der Waals surface area contributed by atoms with Gasteiger partial charge in [-0.2, -0.15) is 0 Å². The van der Waals surface area contributed by atoms with Gasteiger partial charge >= 0.3 is 0 Å². The molecule has 0 bridgehead atoms.